The number of fused-ring (bicyclic) bond motifs is 1. The molecule has 0 amide bonds. The molecule has 3 aliphatic carbocycles. The number of hydrogen-bond donors (Lipinski definition) is 0. The SMILES string of the molecule is C=C(/C=C1\C(=C)CCC2(C)C1CCC2C(C)/C=C/C(C)C(C)C)CC1CCC(C)C(=C)C1. The molecular weight excluding hydrogens is 384 g/mol. The van der Waals surface area contributed by atoms with Crippen molar-refractivity contribution in [2.45, 2.75) is 92.9 Å². The van der Waals surface area contributed by atoms with Crippen LogP contribution in [0.15, 0.2) is 60.3 Å². The van der Waals surface area contributed by atoms with E-state index in [9.17, 15) is 0 Å². The van der Waals surface area contributed by atoms with Gasteiger partial charge in [0.2, 0.25) is 0 Å². The van der Waals surface area contributed by atoms with Crippen LogP contribution < -0.4 is 0 Å². The molecule has 3 rings (SSSR count). The molecule has 3 aliphatic rings. The maximum absolute atomic E-state index is 4.52. The summed E-state index contributed by atoms with van der Waals surface area (Å²) in [7, 11) is 0. The van der Waals surface area contributed by atoms with Gasteiger partial charge in [-0.1, -0.05) is 96.2 Å². The average molecular weight is 435 g/mol. The van der Waals surface area contributed by atoms with Gasteiger partial charge in [0.1, 0.15) is 0 Å². The fourth-order valence-electron chi connectivity index (χ4n) is 6.91. The molecule has 0 bridgehead atoms. The Morgan fingerprint density at radius 3 is 2.44 bits per heavy atom. The van der Waals surface area contributed by atoms with Crippen LogP contribution in [-0.2, 0) is 0 Å². The summed E-state index contributed by atoms with van der Waals surface area (Å²) < 4.78 is 0. The lowest BCUT2D eigenvalue weighted by atomic mass is 9.60. The van der Waals surface area contributed by atoms with Crippen LogP contribution in [0.5, 0.6) is 0 Å². The Bertz CT molecular complexity index is 774. The Balaban J connectivity index is 1.71. The molecule has 0 heteroatoms. The van der Waals surface area contributed by atoms with Crippen LogP contribution in [-0.4, -0.2) is 0 Å². The molecule has 7 unspecified atom stereocenters. The third-order valence-corrected chi connectivity index (χ3v) is 9.73. The Hall–Kier alpha value is -1.30. The van der Waals surface area contributed by atoms with Crippen LogP contribution in [0.25, 0.3) is 0 Å². The normalized spacial score (nSPS) is 36.7. The highest BCUT2D eigenvalue weighted by Gasteiger charge is 2.51. The van der Waals surface area contributed by atoms with Gasteiger partial charge >= 0.3 is 0 Å². The minimum Gasteiger partial charge on any atom is -0.0996 e. The minimum absolute atomic E-state index is 0.396. The molecule has 0 aromatic rings. The molecule has 0 aromatic heterocycles. The Labute approximate surface area is 200 Å². The molecule has 3 fully saturated rings. The molecule has 178 valence electrons. The fraction of sp³-hybridized carbons (Fsp3) is 0.688. The third-order valence-electron chi connectivity index (χ3n) is 9.73. The van der Waals surface area contributed by atoms with Gasteiger partial charge in [-0.25, -0.2) is 0 Å². The predicted octanol–water partition coefficient (Wildman–Crippen LogP) is 9.72. The Morgan fingerprint density at radius 1 is 1.06 bits per heavy atom. The number of rotatable bonds is 7. The molecule has 0 radical (unpaired) electrons. The minimum atomic E-state index is 0.396. The summed E-state index contributed by atoms with van der Waals surface area (Å²) in [5.41, 5.74) is 6.09. The highest BCUT2D eigenvalue weighted by Crippen LogP contribution is 2.60. The Morgan fingerprint density at radius 2 is 1.78 bits per heavy atom. The molecule has 0 aliphatic heterocycles. The smallest absolute Gasteiger partial charge is 0.0102 e. The highest BCUT2D eigenvalue weighted by molar-refractivity contribution is 5.41. The highest BCUT2D eigenvalue weighted by atomic mass is 14.6. The van der Waals surface area contributed by atoms with Gasteiger partial charge < -0.3 is 0 Å². The Kier molecular flexibility index (Phi) is 8.16. The second-order valence-electron chi connectivity index (χ2n) is 12.4. The van der Waals surface area contributed by atoms with E-state index in [1.54, 1.807) is 5.57 Å². The van der Waals surface area contributed by atoms with Crippen LogP contribution in [0.3, 0.4) is 0 Å². The second-order valence-corrected chi connectivity index (χ2v) is 12.4. The van der Waals surface area contributed by atoms with E-state index in [1.165, 1.54) is 55.2 Å². The summed E-state index contributed by atoms with van der Waals surface area (Å²) in [5, 5.41) is 0. The summed E-state index contributed by atoms with van der Waals surface area (Å²) in [6.45, 7) is 27.8. The predicted molar refractivity (Wildman–Crippen MR) is 142 cm³/mol. The van der Waals surface area contributed by atoms with Crippen LogP contribution in [0.2, 0.25) is 0 Å². The molecule has 0 spiro atoms. The molecule has 0 saturated heterocycles. The topological polar surface area (TPSA) is 0 Å². The molecule has 0 N–H and O–H groups in total. The van der Waals surface area contributed by atoms with Crippen molar-refractivity contribution in [1.82, 2.24) is 0 Å². The molecule has 0 nitrogen and oxygen atoms in total. The fourth-order valence-corrected chi connectivity index (χ4v) is 6.91. The van der Waals surface area contributed by atoms with Crippen molar-refractivity contribution in [3.8, 4) is 0 Å². The first-order valence-electron chi connectivity index (χ1n) is 13.5. The molecular formula is C32H50. The summed E-state index contributed by atoms with van der Waals surface area (Å²) in [6, 6.07) is 0. The summed E-state index contributed by atoms with van der Waals surface area (Å²) >= 11 is 0. The van der Waals surface area contributed by atoms with Crippen molar-refractivity contribution in [2.24, 2.45) is 46.8 Å². The van der Waals surface area contributed by atoms with Crippen molar-refractivity contribution in [3.63, 3.8) is 0 Å². The van der Waals surface area contributed by atoms with E-state index in [0.717, 1.165) is 24.7 Å². The summed E-state index contributed by atoms with van der Waals surface area (Å²) in [6.07, 6.45) is 17.5. The first-order chi connectivity index (χ1) is 15.0. The first kappa shape index (κ1) is 25.3. The van der Waals surface area contributed by atoms with Crippen molar-refractivity contribution < 1.29 is 0 Å². The maximum Gasteiger partial charge on any atom is -0.0102 e. The number of hydrogen-bond acceptors (Lipinski definition) is 0. The molecule has 32 heavy (non-hydrogen) atoms. The van der Waals surface area contributed by atoms with Gasteiger partial charge in [-0.05, 0) is 104 Å². The second kappa shape index (κ2) is 10.3. The zero-order valence-corrected chi connectivity index (χ0v) is 22.1. The van der Waals surface area contributed by atoms with Crippen molar-refractivity contribution in [2.75, 3.05) is 0 Å². The van der Waals surface area contributed by atoms with E-state index in [2.05, 4.69) is 79.5 Å². The molecule has 0 aromatic carbocycles. The van der Waals surface area contributed by atoms with Gasteiger partial charge in [0.25, 0.3) is 0 Å². The van der Waals surface area contributed by atoms with Gasteiger partial charge in [0.05, 0.1) is 0 Å². The van der Waals surface area contributed by atoms with Crippen LogP contribution in [0.4, 0.5) is 0 Å². The van der Waals surface area contributed by atoms with Gasteiger partial charge in [-0.2, -0.15) is 0 Å². The zero-order chi connectivity index (χ0) is 23.6. The van der Waals surface area contributed by atoms with Crippen molar-refractivity contribution in [1.29, 1.82) is 0 Å². The van der Waals surface area contributed by atoms with E-state index >= 15 is 0 Å². The van der Waals surface area contributed by atoms with Gasteiger partial charge in [-0.3, -0.25) is 0 Å². The molecule has 7 atom stereocenters. The van der Waals surface area contributed by atoms with Crippen LogP contribution in [0, 0.1) is 46.8 Å². The summed E-state index contributed by atoms with van der Waals surface area (Å²) in [5.74, 6) is 4.89. The van der Waals surface area contributed by atoms with Crippen LogP contribution in [0.1, 0.15) is 92.9 Å². The van der Waals surface area contributed by atoms with E-state index in [-0.39, 0.29) is 0 Å². The quantitative estimate of drug-likeness (QED) is 0.350. The molecule has 0 heterocycles. The average Bonchev–Trinajstić information content (AvgIpc) is 3.08. The number of allylic oxidation sites excluding steroid dienone is 7. The van der Waals surface area contributed by atoms with Crippen molar-refractivity contribution in [3.05, 3.63) is 60.3 Å². The van der Waals surface area contributed by atoms with Gasteiger partial charge in [0, 0.05) is 0 Å². The van der Waals surface area contributed by atoms with Gasteiger partial charge in [-0.15, -0.1) is 0 Å². The monoisotopic (exact) mass is 434 g/mol. The zero-order valence-electron chi connectivity index (χ0n) is 22.1. The first-order valence-corrected chi connectivity index (χ1v) is 13.5. The lowest BCUT2D eigenvalue weighted by molar-refractivity contribution is 0.124. The maximum atomic E-state index is 4.52. The van der Waals surface area contributed by atoms with E-state index in [1.807, 2.05) is 0 Å². The van der Waals surface area contributed by atoms with E-state index in [4.69, 9.17) is 0 Å². The standard InChI is InChI=1S/C32H50/c1-21(2)23(4)10-11-26(7)30-14-15-31-29(25(6)16-17-32(30,31)9)19-22(3)18-28-13-12-24(5)27(8)20-28/h10-11,19,21,23-24,26,28,30-31H,3,6,8,12-18,20H2,1-2,4-5,7,9H3/b11-10+,29-19+. The van der Waals surface area contributed by atoms with E-state index < -0.39 is 0 Å². The van der Waals surface area contributed by atoms with Gasteiger partial charge in [0.15, 0.2) is 0 Å². The lowest BCUT2D eigenvalue weighted by Gasteiger charge is -2.45. The molecule has 3 saturated carbocycles. The third kappa shape index (κ3) is 5.43. The van der Waals surface area contributed by atoms with Crippen LogP contribution >= 0.6 is 0 Å². The van der Waals surface area contributed by atoms with Crippen molar-refractivity contribution >= 4 is 0 Å². The lowest BCUT2D eigenvalue weighted by Crippen LogP contribution is -2.36. The summed E-state index contributed by atoms with van der Waals surface area (Å²) in [4.78, 5) is 0. The largest absolute Gasteiger partial charge is 0.0996 e. The van der Waals surface area contributed by atoms with E-state index in [0.29, 0.717) is 35.0 Å².